The fraction of sp³-hybridized carbons (Fsp3) is 0.455. The van der Waals surface area contributed by atoms with Crippen LogP contribution in [0.25, 0.3) is 0 Å². The molecule has 0 aliphatic rings. The van der Waals surface area contributed by atoms with E-state index in [1.807, 2.05) is 6.92 Å². The maximum Gasteiger partial charge on any atom is 0.408 e. The minimum atomic E-state index is -1.18. The van der Waals surface area contributed by atoms with E-state index < -0.39 is 47.6 Å². The summed E-state index contributed by atoms with van der Waals surface area (Å²) in [6.45, 7) is 10.7. The number of hydrogen-bond acceptors (Lipinski definition) is 7. The van der Waals surface area contributed by atoms with Gasteiger partial charge in [0, 0.05) is 24.6 Å². The molecule has 0 aliphatic heterocycles. The summed E-state index contributed by atoms with van der Waals surface area (Å²) in [5.41, 5.74) is 0.688. The monoisotopic (exact) mass is 593 g/mol. The number of phenolic OH excluding ortho intramolecular Hbond substituents is 1. The van der Waals surface area contributed by atoms with Gasteiger partial charge in [-0.05, 0) is 70.4 Å². The van der Waals surface area contributed by atoms with Crippen molar-refractivity contribution in [3.05, 3.63) is 65.2 Å². The van der Waals surface area contributed by atoms with Crippen LogP contribution < -0.4 is 10.6 Å². The summed E-state index contributed by atoms with van der Waals surface area (Å²) in [4.78, 5) is 54.6. The predicted octanol–water partition coefficient (Wildman–Crippen LogP) is 4.25. The van der Waals surface area contributed by atoms with E-state index in [1.165, 1.54) is 17.0 Å². The van der Waals surface area contributed by atoms with Crippen LogP contribution in [0.5, 0.6) is 5.75 Å². The Morgan fingerprint density at radius 2 is 1.70 bits per heavy atom. The third-order valence-corrected chi connectivity index (χ3v) is 6.56. The highest BCUT2D eigenvalue weighted by molar-refractivity contribution is 5.93. The lowest BCUT2D eigenvalue weighted by molar-refractivity contribution is -0.146. The molecule has 3 atom stereocenters. The number of aromatic hydroxyl groups is 1. The SMILES string of the molecule is C#Cc1ccccc1C(C(=O)NCCC(=O)OCC)N(C(=O)C(Cc1ccc(O)cc1)NC(=O)OC(C)(C)C)C(C)CC. The number of rotatable bonds is 13. The maximum atomic E-state index is 14.5. The van der Waals surface area contributed by atoms with Gasteiger partial charge in [-0.3, -0.25) is 14.4 Å². The van der Waals surface area contributed by atoms with E-state index >= 15 is 0 Å². The molecule has 232 valence electrons. The van der Waals surface area contributed by atoms with E-state index in [4.69, 9.17) is 15.9 Å². The molecule has 0 spiro atoms. The third-order valence-electron chi connectivity index (χ3n) is 6.56. The molecule has 2 aromatic carbocycles. The van der Waals surface area contributed by atoms with Gasteiger partial charge < -0.3 is 30.1 Å². The van der Waals surface area contributed by atoms with E-state index in [-0.39, 0.29) is 31.7 Å². The number of ether oxygens (including phenoxy) is 2. The Labute approximate surface area is 254 Å². The van der Waals surface area contributed by atoms with Crippen molar-refractivity contribution in [2.75, 3.05) is 13.2 Å². The fourth-order valence-corrected chi connectivity index (χ4v) is 4.40. The summed E-state index contributed by atoms with van der Waals surface area (Å²) in [6.07, 6.45) is 5.49. The molecule has 0 bridgehead atoms. The van der Waals surface area contributed by atoms with Crippen LogP contribution >= 0.6 is 0 Å². The maximum absolute atomic E-state index is 14.5. The molecular weight excluding hydrogens is 550 g/mol. The van der Waals surface area contributed by atoms with Gasteiger partial charge in [-0.25, -0.2) is 4.79 Å². The van der Waals surface area contributed by atoms with Gasteiger partial charge in [0.15, 0.2) is 0 Å². The van der Waals surface area contributed by atoms with Crippen molar-refractivity contribution in [3.8, 4) is 18.1 Å². The number of esters is 1. The van der Waals surface area contributed by atoms with Crippen LogP contribution in [0.15, 0.2) is 48.5 Å². The van der Waals surface area contributed by atoms with Crippen molar-refractivity contribution in [1.82, 2.24) is 15.5 Å². The average molecular weight is 594 g/mol. The van der Waals surface area contributed by atoms with E-state index in [1.54, 1.807) is 71.0 Å². The summed E-state index contributed by atoms with van der Waals surface area (Å²) >= 11 is 0. The van der Waals surface area contributed by atoms with E-state index in [0.717, 1.165) is 0 Å². The Hall–Kier alpha value is -4.52. The van der Waals surface area contributed by atoms with Crippen LogP contribution in [0.3, 0.4) is 0 Å². The highest BCUT2D eigenvalue weighted by Gasteiger charge is 2.39. The van der Waals surface area contributed by atoms with Crippen LogP contribution in [0, 0.1) is 12.3 Å². The predicted molar refractivity (Wildman–Crippen MR) is 163 cm³/mol. The van der Waals surface area contributed by atoms with Crippen molar-refractivity contribution >= 4 is 23.9 Å². The molecule has 2 aromatic rings. The van der Waals surface area contributed by atoms with Crippen LogP contribution in [0.2, 0.25) is 0 Å². The minimum absolute atomic E-state index is 0.0119. The van der Waals surface area contributed by atoms with Crippen molar-refractivity contribution in [2.24, 2.45) is 0 Å². The second-order valence-corrected chi connectivity index (χ2v) is 11.1. The van der Waals surface area contributed by atoms with Crippen molar-refractivity contribution < 1.29 is 33.8 Å². The molecule has 3 unspecified atom stereocenters. The molecule has 0 heterocycles. The number of terminal acetylenes is 1. The van der Waals surface area contributed by atoms with Gasteiger partial charge in [-0.15, -0.1) is 6.42 Å². The average Bonchev–Trinajstić information content (AvgIpc) is 2.95. The molecule has 43 heavy (non-hydrogen) atoms. The van der Waals surface area contributed by atoms with Gasteiger partial charge in [0.1, 0.15) is 23.4 Å². The Bertz CT molecular complexity index is 1290. The molecule has 3 amide bonds. The summed E-state index contributed by atoms with van der Waals surface area (Å²) in [7, 11) is 0. The number of hydrogen-bond donors (Lipinski definition) is 3. The zero-order valence-electron chi connectivity index (χ0n) is 25.8. The van der Waals surface area contributed by atoms with Gasteiger partial charge in [0.2, 0.25) is 11.8 Å². The lowest BCUT2D eigenvalue weighted by Gasteiger charge is -2.38. The zero-order chi connectivity index (χ0) is 32.2. The lowest BCUT2D eigenvalue weighted by Crippen LogP contribution is -2.56. The first-order valence-corrected chi connectivity index (χ1v) is 14.4. The van der Waals surface area contributed by atoms with Crippen LogP contribution in [0.4, 0.5) is 4.79 Å². The topological polar surface area (TPSA) is 134 Å². The first-order valence-electron chi connectivity index (χ1n) is 14.4. The Morgan fingerprint density at radius 3 is 2.28 bits per heavy atom. The number of phenols is 1. The molecule has 10 nitrogen and oxygen atoms in total. The second-order valence-electron chi connectivity index (χ2n) is 11.1. The molecule has 10 heteroatoms. The molecule has 0 aromatic heterocycles. The normalized spacial score (nSPS) is 13.0. The Kier molecular flexibility index (Phi) is 13.1. The van der Waals surface area contributed by atoms with Crippen molar-refractivity contribution in [1.29, 1.82) is 0 Å². The number of carbonyl (C=O) groups is 4. The highest BCUT2D eigenvalue weighted by atomic mass is 16.6. The number of nitrogens with one attached hydrogen (secondary N) is 2. The molecule has 2 rings (SSSR count). The number of benzene rings is 2. The highest BCUT2D eigenvalue weighted by Crippen LogP contribution is 2.29. The van der Waals surface area contributed by atoms with Gasteiger partial charge >= 0.3 is 12.1 Å². The largest absolute Gasteiger partial charge is 0.508 e. The van der Waals surface area contributed by atoms with Gasteiger partial charge in [-0.1, -0.05) is 43.2 Å². The summed E-state index contributed by atoms with van der Waals surface area (Å²) in [5.74, 6) is 1.11. The molecule has 3 N–H and O–H groups in total. The second kappa shape index (κ2) is 16.2. The summed E-state index contributed by atoms with van der Waals surface area (Å²) in [5, 5.41) is 15.2. The molecule has 0 fully saturated rings. The number of alkyl carbamates (subject to hydrolysis) is 1. The van der Waals surface area contributed by atoms with E-state index in [9.17, 15) is 24.3 Å². The minimum Gasteiger partial charge on any atom is -0.508 e. The molecule has 0 saturated heterocycles. The van der Waals surface area contributed by atoms with Crippen LogP contribution in [-0.4, -0.2) is 64.7 Å². The number of nitrogens with zero attached hydrogens (tertiary/aromatic N) is 1. The van der Waals surface area contributed by atoms with Gasteiger partial charge in [0.25, 0.3) is 0 Å². The first kappa shape index (κ1) is 34.7. The Balaban J connectivity index is 2.59. The molecular formula is C33H43N3O7. The quantitative estimate of drug-likeness (QED) is 0.234. The van der Waals surface area contributed by atoms with Crippen LogP contribution in [0.1, 0.15) is 77.1 Å². The first-order chi connectivity index (χ1) is 20.3. The van der Waals surface area contributed by atoms with Gasteiger partial charge in [-0.2, -0.15) is 0 Å². The van der Waals surface area contributed by atoms with Crippen LogP contribution in [-0.2, 0) is 30.3 Å². The smallest absolute Gasteiger partial charge is 0.408 e. The summed E-state index contributed by atoms with van der Waals surface area (Å²) in [6, 6.07) is 10.3. The standard InChI is InChI=1S/C33H43N3O7/c1-8-22(4)36(29(26-14-12-11-13-24(26)9-2)30(39)34-20-19-28(38)42-10-3)31(40)27(35-32(41)43-33(5,6)7)21-23-15-17-25(37)18-16-23/h2,11-18,22,27,29,37H,8,10,19-21H2,1,3-7H3,(H,34,39)(H,35,41). The lowest BCUT2D eigenvalue weighted by atomic mass is 9.95. The number of amides is 3. The zero-order valence-corrected chi connectivity index (χ0v) is 25.8. The Morgan fingerprint density at radius 1 is 1.05 bits per heavy atom. The third kappa shape index (κ3) is 10.7. The van der Waals surface area contributed by atoms with E-state index in [0.29, 0.717) is 23.1 Å². The van der Waals surface area contributed by atoms with Gasteiger partial charge in [0.05, 0.1) is 13.0 Å². The van der Waals surface area contributed by atoms with E-state index in [2.05, 4.69) is 16.6 Å². The van der Waals surface area contributed by atoms with Crippen molar-refractivity contribution in [2.45, 2.75) is 84.5 Å². The van der Waals surface area contributed by atoms with Crippen molar-refractivity contribution in [3.63, 3.8) is 0 Å². The molecule has 0 saturated carbocycles. The fourth-order valence-electron chi connectivity index (χ4n) is 4.40. The molecule has 0 aliphatic carbocycles. The summed E-state index contributed by atoms with van der Waals surface area (Å²) < 4.78 is 10.4. The molecule has 0 radical (unpaired) electrons. The number of carbonyl (C=O) groups excluding carboxylic acids is 4.